The Labute approximate surface area is 72.0 Å². The molecule has 11 heavy (non-hydrogen) atoms. The molecule has 0 aromatic heterocycles. The molecule has 0 aliphatic rings. The monoisotopic (exact) mass is 179 g/mol. The van der Waals surface area contributed by atoms with Crippen LogP contribution in [0.3, 0.4) is 0 Å². The van der Waals surface area contributed by atoms with Crippen molar-refractivity contribution < 1.29 is 9.18 Å². The Hall–Kier alpha value is -0.250. The molecule has 0 aliphatic heterocycles. The molecule has 1 amide bonds. The molecule has 2 nitrogen and oxygen atoms in total. The minimum absolute atomic E-state index is 0.0859. The highest BCUT2D eigenvalue weighted by Gasteiger charge is 2.16. The fraction of sp³-hybridized carbons (Fsp3) is 0.857. The van der Waals surface area contributed by atoms with Gasteiger partial charge in [0.05, 0.1) is 5.25 Å². The van der Waals surface area contributed by atoms with Crippen LogP contribution in [-0.2, 0) is 4.79 Å². The average molecular weight is 179 g/mol. The van der Waals surface area contributed by atoms with Crippen molar-refractivity contribution in [3.05, 3.63) is 0 Å². The van der Waals surface area contributed by atoms with Crippen LogP contribution >= 0.6 is 12.6 Å². The van der Waals surface area contributed by atoms with Crippen LogP contribution in [0, 0.1) is 5.92 Å². The van der Waals surface area contributed by atoms with Crippen LogP contribution in [0.25, 0.3) is 0 Å². The molecule has 0 aromatic rings. The van der Waals surface area contributed by atoms with E-state index in [-0.39, 0.29) is 23.6 Å². The molecule has 0 bridgehead atoms. The lowest BCUT2D eigenvalue weighted by Crippen LogP contribution is -2.35. The van der Waals surface area contributed by atoms with Crippen LogP contribution in [0.15, 0.2) is 0 Å². The minimum Gasteiger partial charge on any atom is -0.353 e. The lowest BCUT2D eigenvalue weighted by molar-refractivity contribution is -0.121. The number of alkyl halides is 1. The van der Waals surface area contributed by atoms with Gasteiger partial charge in [-0.3, -0.25) is 4.79 Å². The summed E-state index contributed by atoms with van der Waals surface area (Å²) in [6.45, 7) is 3.35. The summed E-state index contributed by atoms with van der Waals surface area (Å²) >= 11 is 4.06. The first-order valence-corrected chi connectivity index (χ1v) is 4.13. The number of hydrogen-bond acceptors (Lipinski definition) is 2. The molecule has 1 N–H and O–H groups in total. The number of amides is 1. The van der Waals surface area contributed by atoms with Crippen molar-refractivity contribution in [1.82, 2.24) is 5.32 Å². The van der Waals surface area contributed by atoms with Gasteiger partial charge in [0, 0.05) is 6.54 Å². The highest BCUT2D eigenvalue weighted by molar-refractivity contribution is 7.81. The summed E-state index contributed by atoms with van der Waals surface area (Å²) in [5.74, 6) is -0.0149. The molecule has 66 valence electrons. The summed E-state index contributed by atoms with van der Waals surface area (Å²) in [5.41, 5.74) is 0. The second kappa shape index (κ2) is 5.41. The van der Waals surface area contributed by atoms with Crippen LogP contribution in [0.5, 0.6) is 0 Å². The van der Waals surface area contributed by atoms with E-state index in [4.69, 9.17) is 0 Å². The van der Waals surface area contributed by atoms with Crippen LogP contribution in [0.1, 0.15) is 13.8 Å². The number of halogens is 1. The van der Waals surface area contributed by atoms with Crippen molar-refractivity contribution in [1.29, 1.82) is 0 Å². The lowest BCUT2D eigenvalue weighted by Gasteiger charge is -2.13. The Bertz CT molecular complexity index is 130. The maximum atomic E-state index is 11.6. The van der Waals surface area contributed by atoms with Crippen molar-refractivity contribution in [3.63, 3.8) is 0 Å². The molecule has 0 aromatic carbocycles. The number of rotatable bonds is 4. The fourth-order valence-corrected chi connectivity index (χ4v) is 0.669. The topological polar surface area (TPSA) is 29.1 Å². The second-order valence-corrected chi connectivity index (χ2v) is 3.23. The van der Waals surface area contributed by atoms with Gasteiger partial charge in [-0.2, -0.15) is 12.6 Å². The molecule has 0 aliphatic carbocycles. The number of carbonyl (C=O) groups is 1. The molecule has 1 atom stereocenters. The van der Waals surface area contributed by atoms with E-state index < -0.39 is 6.67 Å². The lowest BCUT2D eigenvalue weighted by atomic mass is 10.1. The predicted octanol–water partition coefficient (Wildman–Crippen LogP) is 1.03. The Morgan fingerprint density at radius 3 is 2.55 bits per heavy atom. The number of thiol groups is 1. The summed E-state index contributed by atoms with van der Waals surface area (Å²) in [6, 6.07) is 0. The van der Waals surface area contributed by atoms with Crippen LogP contribution in [-0.4, -0.2) is 24.4 Å². The molecule has 0 spiro atoms. The zero-order chi connectivity index (χ0) is 8.85. The van der Waals surface area contributed by atoms with E-state index in [1.807, 2.05) is 13.8 Å². The first-order valence-electron chi connectivity index (χ1n) is 3.61. The van der Waals surface area contributed by atoms with E-state index in [9.17, 15) is 9.18 Å². The van der Waals surface area contributed by atoms with Crippen LogP contribution in [0.2, 0.25) is 0 Å². The largest absolute Gasteiger partial charge is 0.353 e. The zero-order valence-corrected chi connectivity index (χ0v) is 7.70. The fourth-order valence-electron chi connectivity index (χ4n) is 0.578. The summed E-state index contributed by atoms with van der Waals surface area (Å²) in [6.07, 6.45) is 0. The Kier molecular flexibility index (Phi) is 5.28. The number of nitrogens with one attached hydrogen (secondary N) is 1. The van der Waals surface area contributed by atoms with Gasteiger partial charge in [0.2, 0.25) is 5.91 Å². The quantitative estimate of drug-likeness (QED) is 0.620. The smallest absolute Gasteiger partial charge is 0.233 e. The van der Waals surface area contributed by atoms with Gasteiger partial charge >= 0.3 is 0 Å². The van der Waals surface area contributed by atoms with Crippen molar-refractivity contribution in [3.8, 4) is 0 Å². The Morgan fingerprint density at radius 2 is 2.18 bits per heavy atom. The normalized spacial score (nSPS) is 13.2. The molecule has 4 heteroatoms. The first-order chi connectivity index (χ1) is 5.09. The molecule has 0 heterocycles. The van der Waals surface area contributed by atoms with Gasteiger partial charge in [-0.1, -0.05) is 13.8 Å². The number of hydrogen-bond donors (Lipinski definition) is 2. The summed E-state index contributed by atoms with van der Waals surface area (Å²) in [5, 5.41) is 2.09. The van der Waals surface area contributed by atoms with E-state index in [2.05, 4.69) is 17.9 Å². The van der Waals surface area contributed by atoms with E-state index >= 15 is 0 Å². The van der Waals surface area contributed by atoms with E-state index in [0.29, 0.717) is 0 Å². The second-order valence-electron chi connectivity index (χ2n) is 2.67. The average Bonchev–Trinajstić information content (AvgIpc) is 1.98. The highest BCUT2D eigenvalue weighted by atomic mass is 32.1. The maximum Gasteiger partial charge on any atom is 0.233 e. The minimum atomic E-state index is -0.523. The highest BCUT2D eigenvalue weighted by Crippen LogP contribution is 2.07. The summed E-state index contributed by atoms with van der Waals surface area (Å²) in [7, 11) is 0. The van der Waals surface area contributed by atoms with E-state index in [1.165, 1.54) is 0 Å². The van der Waals surface area contributed by atoms with Crippen molar-refractivity contribution >= 4 is 18.5 Å². The van der Waals surface area contributed by atoms with Crippen molar-refractivity contribution in [2.24, 2.45) is 5.92 Å². The third-order valence-electron chi connectivity index (χ3n) is 1.29. The van der Waals surface area contributed by atoms with E-state index in [0.717, 1.165) is 0 Å². The Balaban J connectivity index is 3.64. The van der Waals surface area contributed by atoms with Gasteiger partial charge in [-0.05, 0) is 5.92 Å². The summed E-state index contributed by atoms with van der Waals surface area (Å²) < 4.78 is 11.6. The van der Waals surface area contributed by atoms with Gasteiger partial charge in [0.15, 0.2) is 0 Å². The molecule has 0 saturated heterocycles. The van der Waals surface area contributed by atoms with Gasteiger partial charge in [0.25, 0.3) is 0 Å². The third kappa shape index (κ3) is 4.24. The maximum absolute atomic E-state index is 11.6. The Morgan fingerprint density at radius 1 is 1.64 bits per heavy atom. The first kappa shape index (κ1) is 10.8. The van der Waals surface area contributed by atoms with Gasteiger partial charge in [0.1, 0.15) is 6.67 Å². The van der Waals surface area contributed by atoms with Gasteiger partial charge < -0.3 is 5.32 Å². The van der Waals surface area contributed by atoms with Crippen molar-refractivity contribution in [2.45, 2.75) is 19.1 Å². The SMILES string of the molecule is CC(C)C(S)C(=O)NCCF. The molecule has 1 unspecified atom stereocenters. The number of carbonyl (C=O) groups excluding carboxylic acids is 1. The summed E-state index contributed by atoms with van der Waals surface area (Å²) in [4.78, 5) is 11.0. The predicted molar refractivity (Wildman–Crippen MR) is 46.6 cm³/mol. The standard InChI is InChI=1S/C7H14FNOS/c1-5(2)6(11)7(10)9-4-3-8/h5-6,11H,3-4H2,1-2H3,(H,9,10). The van der Waals surface area contributed by atoms with Gasteiger partial charge in [-0.25, -0.2) is 4.39 Å². The molecule has 0 rings (SSSR count). The molecular formula is C7H14FNOS. The van der Waals surface area contributed by atoms with Crippen molar-refractivity contribution in [2.75, 3.05) is 13.2 Å². The van der Waals surface area contributed by atoms with Gasteiger partial charge in [-0.15, -0.1) is 0 Å². The third-order valence-corrected chi connectivity index (χ3v) is 2.12. The van der Waals surface area contributed by atoms with E-state index in [1.54, 1.807) is 0 Å². The molecule has 0 radical (unpaired) electrons. The molecular weight excluding hydrogens is 165 g/mol. The molecule has 0 fully saturated rings. The van der Waals surface area contributed by atoms with Crippen LogP contribution in [0.4, 0.5) is 4.39 Å². The molecule has 0 saturated carbocycles. The zero-order valence-electron chi connectivity index (χ0n) is 6.80. The van der Waals surface area contributed by atoms with Crippen LogP contribution < -0.4 is 5.32 Å².